The summed E-state index contributed by atoms with van der Waals surface area (Å²) >= 11 is 3.05. The van der Waals surface area contributed by atoms with E-state index in [0.717, 1.165) is 26.5 Å². The molecule has 8 heteroatoms. The lowest BCUT2D eigenvalue weighted by Gasteiger charge is -2.22. The van der Waals surface area contributed by atoms with Gasteiger partial charge in [0.15, 0.2) is 0 Å². The molecule has 0 spiro atoms. The number of thiophene rings is 1. The number of nitrogens with two attached hydrogens (primary N) is 1. The zero-order valence-electron chi connectivity index (χ0n) is 16.1. The summed E-state index contributed by atoms with van der Waals surface area (Å²) in [5.74, 6) is 0.385. The maximum absolute atomic E-state index is 13.0. The van der Waals surface area contributed by atoms with E-state index in [1.807, 2.05) is 37.3 Å². The number of para-hydroxylation sites is 1. The van der Waals surface area contributed by atoms with Gasteiger partial charge in [-0.15, -0.1) is 11.3 Å². The number of amides is 2. The summed E-state index contributed by atoms with van der Waals surface area (Å²) in [6, 6.07) is 9.31. The minimum Gasteiger partial charge on any atom is -0.370 e. The Morgan fingerprint density at radius 2 is 1.86 bits per heavy atom. The lowest BCUT2D eigenvalue weighted by molar-refractivity contribution is -0.118. The summed E-state index contributed by atoms with van der Waals surface area (Å²) in [5.41, 5.74) is 7.19. The monoisotopic (exact) mass is 414 g/mol. The van der Waals surface area contributed by atoms with Crippen molar-refractivity contribution >= 4 is 50.8 Å². The van der Waals surface area contributed by atoms with Gasteiger partial charge in [-0.05, 0) is 38.5 Å². The quantitative estimate of drug-likeness (QED) is 0.471. The van der Waals surface area contributed by atoms with Crippen molar-refractivity contribution in [1.29, 1.82) is 0 Å². The van der Waals surface area contributed by atoms with Crippen LogP contribution in [0.1, 0.15) is 22.7 Å². The molecule has 28 heavy (non-hydrogen) atoms. The molecule has 3 rings (SSSR count). The largest absolute Gasteiger partial charge is 0.370 e. The number of rotatable bonds is 7. The van der Waals surface area contributed by atoms with E-state index in [-0.39, 0.29) is 24.6 Å². The molecule has 6 nitrogen and oxygen atoms in total. The van der Waals surface area contributed by atoms with Crippen LogP contribution >= 0.6 is 23.1 Å². The number of aryl methyl sites for hydroxylation is 3. The lowest BCUT2D eigenvalue weighted by Crippen LogP contribution is -2.35. The van der Waals surface area contributed by atoms with Crippen LogP contribution in [-0.4, -0.2) is 34.1 Å². The van der Waals surface area contributed by atoms with Gasteiger partial charge in [0.05, 0.1) is 5.75 Å². The van der Waals surface area contributed by atoms with Gasteiger partial charge in [-0.3, -0.25) is 9.59 Å². The summed E-state index contributed by atoms with van der Waals surface area (Å²) in [7, 11) is 0. The Morgan fingerprint density at radius 3 is 2.54 bits per heavy atom. The maximum Gasteiger partial charge on any atom is 0.237 e. The van der Waals surface area contributed by atoms with Crippen molar-refractivity contribution in [2.45, 2.75) is 32.2 Å². The highest BCUT2D eigenvalue weighted by Gasteiger charge is 2.19. The zero-order valence-corrected chi connectivity index (χ0v) is 17.7. The molecule has 0 bridgehead atoms. The summed E-state index contributed by atoms with van der Waals surface area (Å²) < 4.78 is 0. The highest BCUT2D eigenvalue weighted by Crippen LogP contribution is 2.35. The maximum atomic E-state index is 13.0. The minimum absolute atomic E-state index is 0.0912. The predicted octanol–water partition coefficient (Wildman–Crippen LogP) is 3.62. The fourth-order valence-electron chi connectivity index (χ4n) is 2.85. The number of thioether (sulfide) groups is 1. The number of fused-ring (bicyclic) bond motifs is 1. The lowest BCUT2D eigenvalue weighted by atomic mass is 10.2. The van der Waals surface area contributed by atoms with E-state index in [2.05, 4.69) is 23.8 Å². The van der Waals surface area contributed by atoms with E-state index in [1.165, 1.54) is 16.6 Å². The van der Waals surface area contributed by atoms with E-state index in [9.17, 15) is 9.59 Å². The highest BCUT2D eigenvalue weighted by molar-refractivity contribution is 8.00. The van der Waals surface area contributed by atoms with Crippen LogP contribution < -0.4 is 10.6 Å². The Bertz CT molecular complexity index is 1020. The molecule has 0 radical (unpaired) electrons. The summed E-state index contributed by atoms with van der Waals surface area (Å²) in [5, 5.41) is 1.84. The number of aromatic nitrogens is 2. The topological polar surface area (TPSA) is 89.2 Å². The van der Waals surface area contributed by atoms with Crippen LogP contribution in [0.3, 0.4) is 0 Å². The molecule has 0 saturated carbocycles. The number of nitrogens with zero attached hydrogens (tertiary/aromatic N) is 3. The smallest absolute Gasteiger partial charge is 0.237 e. The third-order valence-electron chi connectivity index (χ3n) is 4.39. The Balaban J connectivity index is 1.83. The van der Waals surface area contributed by atoms with Crippen molar-refractivity contribution in [3.05, 3.63) is 46.6 Å². The van der Waals surface area contributed by atoms with Gasteiger partial charge in [0.25, 0.3) is 0 Å². The standard InChI is InChI=1S/C20H22N4O2S2/c1-12-13(2)28-20-18(12)19(22-14(3)23-20)27-11-17(26)24(10-9-16(21)25)15-7-5-4-6-8-15/h4-8H,9-11H2,1-3H3,(H2,21,25). The molecule has 0 saturated heterocycles. The third-order valence-corrected chi connectivity index (χ3v) is 6.45. The number of anilines is 1. The Morgan fingerprint density at radius 1 is 1.14 bits per heavy atom. The van der Waals surface area contributed by atoms with Gasteiger partial charge in [-0.25, -0.2) is 9.97 Å². The molecule has 0 atom stereocenters. The Labute approximate surface area is 172 Å². The number of carbonyl (C=O) groups is 2. The first-order valence-corrected chi connectivity index (χ1v) is 10.7. The van der Waals surface area contributed by atoms with E-state index < -0.39 is 5.91 Å². The molecule has 2 amide bonds. The van der Waals surface area contributed by atoms with E-state index in [1.54, 1.807) is 16.2 Å². The average Bonchev–Trinajstić information content (AvgIpc) is 2.94. The van der Waals surface area contributed by atoms with E-state index in [0.29, 0.717) is 5.82 Å². The SMILES string of the molecule is Cc1nc(SCC(=O)N(CCC(N)=O)c2ccccc2)c2c(C)c(C)sc2n1. The number of hydrogen-bond donors (Lipinski definition) is 1. The molecular formula is C20H22N4O2S2. The first kappa shape index (κ1) is 20.3. The van der Waals surface area contributed by atoms with Crippen LogP contribution in [-0.2, 0) is 9.59 Å². The predicted molar refractivity (Wildman–Crippen MR) is 115 cm³/mol. The van der Waals surface area contributed by atoms with Crippen LogP contribution in [0.5, 0.6) is 0 Å². The molecule has 146 valence electrons. The molecule has 0 unspecified atom stereocenters. The van der Waals surface area contributed by atoms with Crippen molar-refractivity contribution in [3.63, 3.8) is 0 Å². The molecule has 0 aliphatic carbocycles. The average molecular weight is 415 g/mol. The van der Waals surface area contributed by atoms with Gasteiger partial charge in [-0.1, -0.05) is 30.0 Å². The molecule has 0 aliphatic heterocycles. The van der Waals surface area contributed by atoms with Crippen molar-refractivity contribution < 1.29 is 9.59 Å². The second kappa shape index (κ2) is 8.70. The third kappa shape index (κ3) is 4.51. The molecule has 2 heterocycles. The van der Waals surface area contributed by atoms with Crippen LogP contribution in [0.4, 0.5) is 5.69 Å². The minimum atomic E-state index is -0.432. The molecular weight excluding hydrogens is 392 g/mol. The van der Waals surface area contributed by atoms with E-state index >= 15 is 0 Å². The van der Waals surface area contributed by atoms with Gasteiger partial charge >= 0.3 is 0 Å². The number of carbonyl (C=O) groups excluding carboxylic acids is 2. The van der Waals surface area contributed by atoms with Crippen molar-refractivity contribution in [2.24, 2.45) is 5.73 Å². The van der Waals surface area contributed by atoms with Gasteiger partial charge in [0.1, 0.15) is 15.7 Å². The zero-order chi connectivity index (χ0) is 20.3. The second-order valence-electron chi connectivity index (χ2n) is 6.43. The van der Waals surface area contributed by atoms with Crippen molar-refractivity contribution in [2.75, 3.05) is 17.2 Å². The van der Waals surface area contributed by atoms with Gasteiger partial charge in [0.2, 0.25) is 11.8 Å². The first-order chi connectivity index (χ1) is 13.4. The Kier molecular flexibility index (Phi) is 6.31. The summed E-state index contributed by atoms with van der Waals surface area (Å²) in [6.45, 7) is 6.24. The normalized spacial score (nSPS) is 11.0. The molecule has 2 aromatic heterocycles. The molecule has 0 fully saturated rings. The summed E-state index contributed by atoms with van der Waals surface area (Å²) in [6.07, 6.45) is 0.116. The summed E-state index contributed by atoms with van der Waals surface area (Å²) in [4.78, 5) is 37.0. The van der Waals surface area contributed by atoms with E-state index in [4.69, 9.17) is 5.73 Å². The van der Waals surface area contributed by atoms with Crippen molar-refractivity contribution in [3.8, 4) is 0 Å². The molecule has 3 aromatic rings. The number of benzene rings is 1. The molecule has 1 aromatic carbocycles. The van der Waals surface area contributed by atoms with Crippen molar-refractivity contribution in [1.82, 2.24) is 9.97 Å². The fourth-order valence-corrected chi connectivity index (χ4v) is 5.00. The van der Waals surface area contributed by atoms with Gasteiger partial charge < -0.3 is 10.6 Å². The fraction of sp³-hybridized carbons (Fsp3) is 0.300. The Hall–Kier alpha value is -2.45. The molecule has 2 N–H and O–H groups in total. The van der Waals surface area contributed by atoms with Gasteiger partial charge in [-0.2, -0.15) is 0 Å². The highest BCUT2D eigenvalue weighted by atomic mass is 32.2. The van der Waals surface area contributed by atoms with Crippen LogP contribution in [0.15, 0.2) is 35.4 Å². The van der Waals surface area contributed by atoms with Crippen LogP contribution in [0, 0.1) is 20.8 Å². The van der Waals surface area contributed by atoms with Gasteiger partial charge in [0, 0.05) is 28.9 Å². The molecule has 0 aliphatic rings. The number of primary amides is 1. The van der Waals surface area contributed by atoms with Crippen LogP contribution in [0.2, 0.25) is 0 Å². The second-order valence-corrected chi connectivity index (χ2v) is 8.59. The number of hydrogen-bond acceptors (Lipinski definition) is 6. The first-order valence-electron chi connectivity index (χ1n) is 8.87. The van der Waals surface area contributed by atoms with Crippen LogP contribution in [0.25, 0.3) is 10.2 Å².